The molecule has 4 amide bonds. The van der Waals surface area contributed by atoms with E-state index >= 15 is 0 Å². The zero-order valence-corrected chi connectivity index (χ0v) is 23.7. The number of amides is 4. The van der Waals surface area contributed by atoms with Crippen molar-refractivity contribution >= 4 is 41.3 Å². The van der Waals surface area contributed by atoms with Crippen LogP contribution in [0.5, 0.6) is 0 Å². The monoisotopic (exact) mass is 600 g/mol. The fourth-order valence-electron chi connectivity index (χ4n) is 4.37. The third-order valence-electron chi connectivity index (χ3n) is 6.60. The van der Waals surface area contributed by atoms with Gasteiger partial charge in [0.1, 0.15) is 32.1 Å². The van der Waals surface area contributed by atoms with Crippen LogP contribution in [0.2, 0.25) is 0 Å². The standard InChI is InChI=1S/C31H32N6O7/c32-28(33)27(37-15-14-36(18-25(37)38)31(42)44-20-22-10-5-2-6-11-22)30(41)35-24-13-7-12-23(16-24)29(40)34-17-26(39)43-19-21-8-3-1-4-9-21/h1-13,16,27H,14-15,17-20H2,(H3,32,33)(H,34,40)(H,35,41). The Morgan fingerprint density at radius 3 is 2.11 bits per heavy atom. The summed E-state index contributed by atoms with van der Waals surface area (Å²) >= 11 is 0. The Labute approximate surface area is 253 Å². The predicted molar refractivity (Wildman–Crippen MR) is 159 cm³/mol. The summed E-state index contributed by atoms with van der Waals surface area (Å²) in [4.78, 5) is 65.6. The third kappa shape index (κ3) is 8.64. The molecule has 0 radical (unpaired) electrons. The number of nitrogens with two attached hydrogens (primary N) is 1. The third-order valence-corrected chi connectivity index (χ3v) is 6.60. The van der Waals surface area contributed by atoms with Crippen LogP contribution in [-0.4, -0.2) is 77.6 Å². The Balaban J connectivity index is 1.29. The minimum Gasteiger partial charge on any atom is -0.460 e. The van der Waals surface area contributed by atoms with Crippen molar-refractivity contribution in [2.75, 3.05) is 31.5 Å². The van der Waals surface area contributed by atoms with Crippen LogP contribution in [0, 0.1) is 5.41 Å². The van der Waals surface area contributed by atoms with Crippen molar-refractivity contribution in [1.29, 1.82) is 5.41 Å². The molecule has 3 aromatic rings. The van der Waals surface area contributed by atoms with Crippen molar-refractivity contribution in [3.8, 4) is 0 Å². The van der Waals surface area contributed by atoms with E-state index in [1.54, 1.807) is 12.1 Å². The lowest BCUT2D eigenvalue weighted by molar-refractivity contribution is -0.143. The molecule has 3 aromatic carbocycles. The van der Waals surface area contributed by atoms with Crippen LogP contribution >= 0.6 is 0 Å². The van der Waals surface area contributed by atoms with Gasteiger partial charge in [0, 0.05) is 24.3 Å². The van der Waals surface area contributed by atoms with Crippen molar-refractivity contribution in [2.45, 2.75) is 19.3 Å². The Kier molecular flexibility index (Phi) is 10.6. The van der Waals surface area contributed by atoms with Gasteiger partial charge in [-0.15, -0.1) is 0 Å². The maximum absolute atomic E-state index is 13.2. The Morgan fingerprint density at radius 2 is 1.50 bits per heavy atom. The second kappa shape index (κ2) is 15.0. The van der Waals surface area contributed by atoms with Gasteiger partial charge in [-0.2, -0.15) is 0 Å². The highest BCUT2D eigenvalue weighted by atomic mass is 16.6. The molecule has 4 rings (SSSR count). The summed E-state index contributed by atoms with van der Waals surface area (Å²) in [5, 5.41) is 13.0. The van der Waals surface area contributed by atoms with Crippen molar-refractivity contribution in [3.05, 3.63) is 102 Å². The summed E-state index contributed by atoms with van der Waals surface area (Å²) in [7, 11) is 0. The second-order valence-electron chi connectivity index (χ2n) is 9.81. The highest BCUT2D eigenvalue weighted by molar-refractivity contribution is 6.13. The number of carbonyl (C=O) groups excluding carboxylic acids is 5. The molecule has 1 heterocycles. The first kappa shape index (κ1) is 31.2. The second-order valence-corrected chi connectivity index (χ2v) is 9.81. The number of ether oxygens (including phenoxy) is 2. The van der Waals surface area contributed by atoms with Crippen molar-refractivity contribution in [2.24, 2.45) is 5.73 Å². The number of nitrogens with one attached hydrogen (secondary N) is 3. The van der Waals surface area contributed by atoms with Crippen molar-refractivity contribution < 1.29 is 33.4 Å². The Hall–Kier alpha value is -5.72. The van der Waals surface area contributed by atoms with E-state index in [1.165, 1.54) is 29.2 Å². The average molecular weight is 601 g/mol. The fourth-order valence-corrected chi connectivity index (χ4v) is 4.37. The fraction of sp³-hybridized carbons (Fsp3) is 0.226. The van der Waals surface area contributed by atoms with Crippen molar-refractivity contribution in [1.82, 2.24) is 15.1 Å². The number of hydrogen-bond donors (Lipinski definition) is 4. The Morgan fingerprint density at radius 1 is 0.864 bits per heavy atom. The van der Waals surface area contributed by atoms with Crippen LogP contribution < -0.4 is 16.4 Å². The van der Waals surface area contributed by atoms with Gasteiger partial charge in [0.15, 0.2) is 6.04 Å². The molecule has 0 aromatic heterocycles. The maximum atomic E-state index is 13.2. The molecule has 0 spiro atoms. The summed E-state index contributed by atoms with van der Waals surface area (Å²) in [6, 6.07) is 22.6. The molecule has 1 aliphatic rings. The average Bonchev–Trinajstić information content (AvgIpc) is 3.03. The highest BCUT2D eigenvalue weighted by Gasteiger charge is 2.37. The van der Waals surface area contributed by atoms with E-state index in [4.69, 9.17) is 20.6 Å². The van der Waals surface area contributed by atoms with E-state index in [-0.39, 0.29) is 50.6 Å². The molecule has 5 N–H and O–H groups in total. The van der Waals surface area contributed by atoms with Crippen LogP contribution in [0.25, 0.3) is 0 Å². The van der Waals surface area contributed by atoms with Gasteiger partial charge in [-0.3, -0.25) is 29.5 Å². The van der Waals surface area contributed by atoms with Crippen LogP contribution in [0.1, 0.15) is 21.5 Å². The minimum atomic E-state index is -1.44. The van der Waals surface area contributed by atoms with Crippen LogP contribution in [0.4, 0.5) is 10.5 Å². The van der Waals surface area contributed by atoms with Gasteiger partial charge in [0.25, 0.3) is 11.8 Å². The molecule has 1 atom stereocenters. The van der Waals surface area contributed by atoms with Crippen molar-refractivity contribution in [3.63, 3.8) is 0 Å². The normalized spacial score (nSPS) is 13.4. The molecule has 0 bridgehead atoms. The number of piperazine rings is 1. The van der Waals surface area contributed by atoms with E-state index in [0.717, 1.165) is 16.0 Å². The topological polar surface area (TPSA) is 184 Å². The first-order valence-corrected chi connectivity index (χ1v) is 13.7. The molecular formula is C31H32N6O7. The van der Waals surface area contributed by atoms with Crippen LogP contribution in [0.15, 0.2) is 84.9 Å². The molecule has 13 nitrogen and oxygen atoms in total. The number of esters is 1. The first-order valence-electron chi connectivity index (χ1n) is 13.7. The number of amidine groups is 1. The first-order chi connectivity index (χ1) is 21.2. The molecule has 1 unspecified atom stereocenters. The van der Waals surface area contributed by atoms with E-state index in [2.05, 4.69) is 10.6 Å². The molecule has 0 saturated carbocycles. The summed E-state index contributed by atoms with van der Waals surface area (Å²) in [6.07, 6.45) is -0.676. The lowest BCUT2D eigenvalue weighted by atomic mass is 10.1. The van der Waals surface area contributed by atoms with E-state index in [9.17, 15) is 24.0 Å². The Bertz CT molecular complexity index is 1520. The molecule has 1 aliphatic heterocycles. The predicted octanol–water partition coefficient (Wildman–Crippen LogP) is 1.88. The summed E-state index contributed by atoms with van der Waals surface area (Å²) < 4.78 is 10.4. The molecule has 13 heteroatoms. The highest BCUT2D eigenvalue weighted by Crippen LogP contribution is 2.15. The van der Waals surface area contributed by atoms with E-state index in [0.29, 0.717) is 0 Å². The zero-order chi connectivity index (χ0) is 31.5. The smallest absolute Gasteiger partial charge is 0.410 e. The molecular weight excluding hydrogens is 568 g/mol. The molecule has 1 saturated heterocycles. The van der Waals surface area contributed by atoms with Gasteiger partial charge >= 0.3 is 12.1 Å². The van der Waals surface area contributed by atoms with E-state index < -0.39 is 41.7 Å². The van der Waals surface area contributed by atoms with Crippen LogP contribution in [0.3, 0.4) is 0 Å². The zero-order valence-electron chi connectivity index (χ0n) is 23.7. The number of anilines is 1. The minimum absolute atomic E-state index is 0.0436. The van der Waals surface area contributed by atoms with Gasteiger partial charge in [-0.25, -0.2) is 4.79 Å². The summed E-state index contributed by atoms with van der Waals surface area (Å²) in [6.45, 7) is -0.581. The van der Waals surface area contributed by atoms with Gasteiger partial charge in [0.2, 0.25) is 5.91 Å². The number of rotatable bonds is 11. The van der Waals surface area contributed by atoms with Gasteiger partial charge in [0.05, 0.1) is 0 Å². The van der Waals surface area contributed by atoms with E-state index in [1.807, 2.05) is 48.5 Å². The van der Waals surface area contributed by atoms with Crippen LogP contribution in [-0.2, 0) is 37.1 Å². The largest absolute Gasteiger partial charge is 0.460 e. The number of benzene rings is 3. The van der Waals surface area contributed by atoms with Gasteiger partial charge in [-0.1, -0.05) is 66.7 Å². The maximum Gasteiger partial charge on any atom is 0.410 e. The quantitative estimate of drug-likeness (QED) is 0.146. The summed E-state index contributed by atoms with van der Waals surface area (Å²) in [5.41, 5.74) is 7.67. The van der Waals surface area contributed by atoms with Gasteiger partial charge < -0.3 is 30.7 Å². The molecule has 1 fully saturated rings. The van der Waals surface area contributed by atoms with Gasteiger partial charge in [-0.05, 0) is 29.3 Å². The SMILES string of the molecule is N=C(N)C(C(=O)Nc1cccc(C(=O)NCC(=O)OCc2ccccc2)c1)N1CCN(C(=O)OCc2ccccc2)CC1=O. The summed E-state index contributed by atoms with van der Waals surface area (Å²) in [5.74, 6) is -3.13. The molecule has 0 aliphatic carbocycles. The lowest BCUT2D eigenvalue weighted by Crippen LogP contribution is -2.61. The number of hydrogen-bond acceptors (Lipinski definition) is 8. The molecule has 44 heavy (non-hydrogen) atoms. The molecule has 228 valence electrons. The number of carbonyl (C=O) groups is 5. The lowest BCUT2D eigenvalue weighted by Gasteiger charge is -2.37. The number of nitrogens with zero attached hydrogens (tertiary/aromatic N) is 2.